The molecule has 2 aliphatic rings. The minimum absolute atomic E-state index is 0.287. The zero-order valence-electron chi connectivity index (χ0n) is 15.9. The molecule has 0 spiro atoms. The Hall–Kier alpha value is -1.49. The molecule has 3 N–H and O–H groups in total. The normalized spacial score (nSPS) is 19.2. The molecule has 1 atom stereocenters. The minimum Gasteiger partial charge on any atom is -0.363 e. The highest BCUT2D eigenvalue weighted by Crippen LogP contribution is 2.43. The van der Waals surface area contributed by atoms with Crippen LogP contribution < -0.4 is 16.0 Å². The molecule has 1 unspecified atom stereocenters. The van der Waals surface area contributed by atoms with Crippen LogP contribution in [-0.4, -0.2) is 26.1 Å². The van der Waals surface area contributed by atoms with Crippen molar-refractivity contribution in [3.8, 4) is 0 Å². The van der Waals surface area contributed by atoms with Crippen LogP contribution in [0, 0.1) is 0 Å². The van der Waals surface area contributed by atoms with E-state index in [0.717, 1.165) is 19.4 Å². The summed E-state index contributed by atoms with van der Waals surface area (Å²) in [5.74, 6) is 0. The van der Waals surface area contributed by atoms with Crippen LogP contribution >= 0.6 is 11.8 Å². The molecule has 0 saturated carbocycles. The van der Waals surface area contributed by atoms with Crippen LogP contribution in [0.2, 0.25) is 0 Å². The van der Waals surface area contributed by atoms with Crippen molar-refractivity contribution in [2.45, 2.75) is 38.6 Å². The second-order valence-corrected chi connectivity index (χ2v) is 7.04. The molecule has 4 heteroatoms. The maximum Gasteiger partial charge on any atom is 0.129 e. The van der Waals surface area contributed by atoms with Crippen molar-refractivity contribution < 1.29 is 0 Å². The molecular formula is C21H31N3S. The summed E-state index contributed by atoms with van der Waals surface area (Å²) in [6, 6.07) is 6.91. The van der Waals surface area contributed by atoms with Gasteiger partial charge in [0.05, 0.1) is 0 Å². The summed E-state index contributed by atoms with van der Waals surface area (Å²) in [6.45, 7) is 8.70. The zero-order valence-corrected chi connectivity index (χ0v) is 16.7. The summed E-state index contributed by atoms with van der Waals surface area (Å²) in [5, 5.41) is 10.2. The predicted octanol–water partition coefficient (Wildman–Crippen LogP) is 4.35. The standard InChI is InChI=1S/C19H25N3S.C2H6/c1-4-6-15(12-20-2)14-10-9-13-7-5-8-17-18(16(13)11-14)23-19(21-3)22-17;1-2/h4,6,9-11,19-22H,1,5,7-8,12H2,2-3H3;1-2H3/b15-6+;. The molecule has 0 saturated heterocycles. The van der Waals surface area contributed by atoms with Gasteiger partial charge in [-0.1, -0.05) is 56.5 Å². The molecule has 3 rings (SSSR count). The summed E-state index contributed by atoms with van der Waals surface area (Å²) in [5.41, 5.74) is 7.10. The van der Waals surface area contributed by atoms with Crippen LogP contribution in [0.4, 0.5) is 0 Å². The van der Waals surface area contributed by atoms with Crippen molar-refractivity contribution in [1.82, 2.24) is 16.0 Å². The van der Waals surface area contributed by atoms with Gasteiger partial charge in [-0.2, -0.15) is 0 Å². The van der Waals surface area contributed by atoms with E-state index in [1.165, 1.54) is 39.3 Å². The SMILES string of the molecule is C=C/C=C(\CNC)c1ccc2c(c1)C1=C(CCC2)NC(NC)S1.CC. The maximum atomic E-state index is 3.85. The van der Waals surface area contributed by atoms with E-state index in [-0.39, 0.29) is 5.50 Å². The topological polar surface area (TPSA) is 36.1 Å². The largest absolute Gasteiger partial charge is 0.363 e. The lowest BCUT2D eigenvalue weighted by atomic mass is 9.97. The number of benzene rings is 1. The molecule has 0 aromatic heterocycles. The van der Waals surface area contributed by atoms with Gasteiger partial charge in [-0.3, -0.25) is 5.32 Å². The minimum atomic E-state index is 0.287. The van der Waals surface area contributed by atoms with Gasteiger partial charge in [0.1, 0.15) is 5.50 Å². The Labute approximate surface area is 157 Å². The Morgan fingerprint density at radius 3 is 2.80 bits per heavy atom. The van der Waals surface area contributed by atoms with E-state index in [0.29, 0.717) is 0 Å². The van der Waals surface area contributed by atoms with E-state index in [4.69, 9.17) is 0 Å². The van der Waals surface area contributed by atoms with Gasteiger partial charge in [0.15, 0.2) is 0 Å². The second kappa shape index (κ2) is 9.85. The van der Waals surface area contributed by atoms with Gasteiger partial charge in [-0.25, -0.2) is 0 Å². The van der Waals surface area contributed by atoms with Crippen LogP contribution in [0.15, 0.2) is 42.6 Å². The van der Waals surface area contributed by atoms with Crippen molar-refractivity contribution in [3.63, 3.8) is 0 Å². The average Bonchev–Trinajstić information content (AvgIpc) is 2.99. The summed E-state index contributed by atoms with van der Waals surface area (Å²) >= 11 is 1.90. The third-order valence-corrected chi connectivity index (χ3v) is 5.65. The quantitative estimate of drug-likeness (QED) is 0.685. The van der Waals surface area contributed by atoms with E-state index in [1.54, 1.807) is 0 Å². The molecule has 1 aromatic carbocycles. The molecule has 1 aliphatic heterocycles. The lowest BCUT2D eigenvalue weighted by Crippen LogP contribution is -2.32. The fourth-order valence-corrected chi connectivity index (χ4v) is 4.41. The van der Waals surface area contributed by atoms with Crippen molar-refractivity contribution in [2.75, 3.05) is 20.6 Å². The van der Waals surface area contributed by atoms with E-state index in [9.17, 15) is 0 Å². The fourth-order valence-electron chi connectivity index (χ4n) is 3.24. The number of allylic oxidation sites excluding steroid dienone is 3. The zero-order chi connectivity index (χ0) is 18.2. The molecule has 136 valence electrons. The molecule has 0 radical (unpaired) electrons. The van der Waals surface area contributed by atoms with E-state index >= 15 is 0 Å². The summed E-state index contributed by atoms with van der Waals surface area (Å²) in [4.78, 5) is 1.42. The summed E-state index contributed by atoms with van der Waals surface area (Å²) in [6.07, 6.45) is 7.46. The van der Waals surface area contributed by atoms with Crippen LogP contribution in [0.3, 0.4) is 0 Å². The third kappa shape index (κ3) is 4.57. The molecule has 0 fully saturated rings. The Morgan fingerprint density at radius 2 is 2.12 bits per heavy atom. The number of aryl methyl sites for hydroxylation is 1. The van der Waals surface area contributed by atoms with Crippen molar-refractivity contribution >= 4 is 22.2 Å². The first-order valence-electron chi connectivity index (χ1n) is 9.20. The number of fused-ring (bicyclic) bond motifs is 2. The maximum absolute atomic E-state index is 3.85. The van der Waals surface area contributed by atoms with Gasteiger partial charge >= 0.3 is 0 Å². The number of nitrogens with one attached hydrogen (secondary N) is 3. The number of likely N-dealkylation sites (N-methyl/N-ethyl adjacent to an activating group) is 1. The van der Waals surface area contributed by atoms with Crippen LogP contribution in [0.5, 0.6) is 0 Å². The van der Waals surface area contributed by atoms with E-state index in [1.807, 2.05) is 45.8 Å². The van der Waals surface area contributed by atoms with Crippen molar-refractivity contribution in [3.05, 3.63) is 59.3 Å². The van der Waals surface area contributed by atoms with Gasteiger partial charge < -0.3 is 10.6 Å². The monoisotopic (exact) mass is 357 g/mol. The summed E-state index contributed by atoms with van der Waals surface area (Å²) in [7, 11) is 3.99. The predicted molar refractivity (Wildman–Crippen MR) is 113 cm³/mol. The Balaban J connectivity index is 0.00000109. The van der Waals surface area contributed by atoms with Gasteiger partial charge in [0.2, 0.25) is 0 Å². The Kier molecular flexibility index (Phi) is 7.82. The molecule has 3 nitrogen and oxygen atoms in total. The molecule has 0 amide bonds. The van der Waals surface area contributed by atoms with Crippen molar-refractivity contribution in [1.29, 1.82) is 0 Å². The second-order valence-electron chi connectivity index (χ2n) is 5.92. The molecule has 1 aliphatic carbocycles. The van der Waals surface area contributed by atoms with Crippen molar-refractivity contribution in [2.24, 2.45) is 0 Å². The first kappa shape index (κ1) is 19.8. The lowest BCUT2D eigenvalue weighted by molar-refractivity contribution is 0.638. The average molecular weight is 358 g/mol. The highest BCUT2D eigenvalue weighted by molar-refractivity contribution is 8.09. The van der Waals surface area contributed by atoms with Gasteiger partial charge in [-0.15, -0.1) is 0 Å². The Bertz CT molecular complexity index is 661. The molecule has 0 bridgehead atoms. The number of rotatable bonds is 5. The number of thioether (sulfide) groups is 1. The lowest BCUT2D eigenvalue weighted by Gasteiger charge is -2.14. The third-order valence-electron chi connectivity index (χ3n) is 4.36. The smallest absolute Gasteiger partial charge is 0.129 e. The van der Waals surface area contributed by atoms with Gasteiger partial charge in [0, 0.05) is 17.1 Å². The molecule has 1 heterocycles. The van der Waals surface area contributed by atoms with Gasteiger partial charge in [-0.05, 0) is 61.7 Å². The molecular weight excluding hydrogens is 326 g/mol. The summed E-state index contributed by atoms with van der Waals surface area (Å²) < 4.78 is 0. The molecule has 1 aromatic rings. The number of hydrogen-bond acceptors (Lipinski definition) is 4. The van der Waals surface area contributed by atoms with Crippen LogP contribution in [-0.2, 0) is 6.42 Å². The highest BCUT2D eigenvalue weighted by atomic mass is 32.2. The highest BCUT2D eigenvalue weighted by Gasteiger charge is 2.27. The van der Waals surface area contributed by atoms with E-state index < -0.39 is 0 Å². The number of hydrogen-bond donors (Lipinski definition) is 3. The van der Waals surface area contributed by atoms with Crippen LogP contribution in [0.1, 0.15) is 43.4 Å². The van der Waals surface area contributed by atoms with Crippen LogP contribution in [0.25, 0.3) is 10.5 Å². The first-order valence-corrected chi connectivity index (χ1v) is 10.1. The molecule has 25 heavy (non-hydrogen) atoms. The van der Waals surface area contributed by atoms with E-state index in [2.05, 4.69) is 46.8 Å². The first-order chi connectivity index (χ1) is 12.3. The Morgan fingerprint density at radius 1 is 1.32 bits per heavy atom. The van der Waals surface area contributed by atoms with Gasteiger partial charge in [0.25, 0.3) is 0 Å². The fraction of sp³-hybridized carbons (Fsp3) is 0.429.